The normalized spacial score (nSPS) is 13.5. The molecule has 0 bridgehead atoms. The SMILES string of the molecule is CC(=N/C=C\S)C(C)(C)C#N. The fraction of sp³-hybridized carbons (Fsp3) is 0.500. The van der Waals surface area contributed by atoms with E-state index in [0.717, 1.165) is 5.71 Å². The van der Waals surface area contributed by atoms with Gasteiger partial charge in [0, 0.05) is 11.9 Å². The Kier molecular flexibility index (Phi) is 3.91. The summed E-state index contributed by atoms with van der Waals surface area (Å²) >= 11 is 3.85. The Hall–Kier alpha value is -0.750. The van der Waals surface area contributed by atoms with E-state index in [9.17, 15) is 0 Å². The number of thiol groups is 1. The quantitative estimate of drug-likeness (QED) is 0.499. The second-order valence-corrected chi connectivity index (χ2v) is 3.05. The summed E-state index contributed by atoms with van der Waals surface area (Å²) in [5.74, 6) is 0. The Bertz CT molecular complexity index is 221. The summed E-state index contributed by atoms with van der Waals surface area (Å²) in [6.07, 6.45) is 1.57. The van der Waals surface area contributed by atoms with Crippen molar-refractivity contribution in [2.45, 2.75) is 20.8 Å². The van der Waals surface area contributed by atoms with Crippen molar-refractivity contribution >= 4 is 18.3 Å². The van der Waals surface area contributed by atoms with Crippen LogP contribution in [0.3, 0.4) is 0 Å². The van der Waals surface area contributed by atoms with Crippen molar-refractivity contribution in [3.05, 3.63) is 11.6 Å². The zero-order chi connectivity index (χ0) is 8.91. The van der Waals surface area contributed by atoms with Gasteiger partial charge in [0.25, 0.3) is 0 Å². The largest absolute Gasteiger partial charge is 0.264 e. The van der Waals surface area contributed by atoms with E-state index in [4.69, 9.17) is 5.26 Å². The summed E-state index contributed by atoms with van der Waals surface area (Å²) in [5.41, 5.74) is 0.318. The predicted molar refractivity (Wildman–Crippen MR) is 50.6 cm³/mol. The Morgan fingerprint density at radius 2 is 2.18 bits per heavy atom. The van der Waals surface area contributed by atoms with Gasteiger partial charge in [-0.25, -0.2) is 0 Å². The van der Waals surface area contributed by atoms with E-state index in [0.29, 0.717) is 0 Å². The van der Waals surface area contributed by atoms with Crippen LogP contribution >= 0.6 is 12.6 Å². The molecule has 0 rings (SSSR count). The topological polar surface area (TPSA) is 36.1 Å². The van der Waals surface area contributed by atoms with Gasteiger partial charge in [0.15, 0.2) is 0 Å². The molecule has 0 amide bonds. The van der Waals surface area contributed by atoms with Crippen LogP contribution < -0.4 is 0 Å². The maximum Gasteiger partial charge on any atom is 0.0895 e. The van der Waals surface area contributed by atoms with Crippen molar-refractivity contribution in [2.24, 2.45) is 10.4 Å². The molecule has 0 saturated carbocycles. The van der Waals surface area contributed by atoms with Gasteiger partial charge in [-0.15, -0.1) is 12.6 Å². The maximum atomic E-state index is 8.69. The lowest BCUT2D eigenvalue weighted by molar-refractivity contribution is 0.690. The highest BCUT2D eigenvalue weighted by Crippen LogP contribution is 2.15. The van der Waals surface area contributed by atoms with E-state index >= 15 is 0 Å². The molecule has 0 saturated heterocycles. The molecule has 0 aromatic carbocycles. The van der Waals surface area contributed by atoms with E-state index in [2.05, 4.69) is 23.7 Å². The van der Waals surface area contributed by atoms with Crippen LogP contribution in [0.1, 0.15) is 20.8 Å². The van der Waals surface area contributed by atoms with E-state index in [1.54, 1.807) is 6.20 Å². The maximum absolute atomic E-state index is 8.69. The van der Waals surface area contributed by atoms with Gasteiger partial charge < -0.3 is 0 Å². The molecule has 2 nitrogen and oxygen atoms in total. The minimum atomic E-state index is -0.479. The first-order valence-electron chi connectivity index (χ1n) is 3.30. The number of aliphatic imine (C=N–C) groups is 1. The van der Waals surface area contributed by atoms with Crippen LogP contribution in [0.15, 0.2) is 16.6 Å². The molecule has 0 radical (unpaired) electrons. The zero-order valence-electron chi connectivity index (χ0n) is 7.00. The van der Waals surface area contributed by atoms with Crippen molar-refractivity contribution in [1.82, 2.24) is 0 Å². The molecule has 11 heavy (non-hydrogen) atoms. The van der Waals surface area contributed by atoms with Crippen molar-refractivity contribution in [2.75, 3.05) is 0 Å². The van der Waals surface area contributed by atoms with E-state index < -0.39 is 5.41 Å². The van der Waals surface area contributed by atoms with Crippen molar-refractivity contribution in [3.8, 4) is 6.07 Å². The average Bonchev–Trinajstić information content (AvgIpc) is 2.00. The molecular weight excluding hydrogens is 156 g/mol. The Balaban J connectivity index is 4.49. The number of rotatable bonds is 2. The Morgan fingerprint density at radius 1 is 1.64 bits per heavy atom. The first-order chi connectivity index (χ1) is 5.04. The Morgan fingerprint density at radius 3 is 2.55 bits per heavy atom. The number of hydrogen-bond acceptors (Lipinski definition) is 3. The lowest BCUT2D eigenvalue weighted by atomic mass is 9.90. The van der Waals surface area contributed by atoms with Gasteiger partial charge in [0.05, 0.1) is 11.5 Å². The molecule has 0 aliphatic heterocycles. The lowest BCUT2D eigenvalue weighted by Crippen LogP contribution is -2.18. The second kappa shape index (κ2) is 4.20. The van der Waals surface area contributed by atoms with E-state index in [-0.39, 0.29) is 0 Å². The molecule has 60 valence electrons. The summed E-state index contributed by atoms with van der Waals surface area (Å²) in [5, 5.41) is 10.2. The van der Waals surface area contributed by atoms with Crippen LogP contribution in [0.2, 0.25) is 0 Å². The van der Waals surface area contributed by atoms with Crippen LogP contribution in [0.4, 0.5) is 0 Å². The van der Waals surface area contributed by atoms with Crippen molar-refractivity contribution in [1.29, 1.82) is 5.26 Å². The molecule has 0 aliphatic carbocycles. The number of hydrogen-bond donors (Lipinski definition) is 1. The highest BCUT2D eigenvalue weighted by molar-refractivity contribution is 7.83. The fourth-order valence-electron chi connectivity index (χ4n) is 0.387. The zero-order valence-corrected chi connectivity index (χ0v) is 7.89. The summed E-state index contributed by atoms with van der Waals surface area (Å²) in [6, 6.07) is 2.16. The first kappa shape index (κ1) is 10.2. The van der Waals surface area contributed by atoms with Crippen molar-refractivity contribution < 1.29 is 0 Å². The minimum Gasteiger partial charge on any atom is -0.264 e. The number of nitrogens with zero attached hydrogens (tertiary/aromatic N) is 2. The van der Waals surface area contributed by atoms with Crippen molar-refractivity contribution in [3.63, 3.8) is 0 Å². The molecule has 0 atom stereocenters. The van der Waals surface area contributed by atoms with Gasteiger partial charge in [-0.05, 0) is 26.2 Å². The van der Waals surface area contributed by atoms with Crippen LogP contribution in [0, 0.1) is 16.7 Å². The van der Waals surface area contributed by atoms with Crippen LogP contribution in [0.5, 0.6) is 0 Å². The van der Waals surface area contributed by atoms with Crippen LogP contribution in [-0.4, -0.2) is 5.71 Å². The van der Waals surface area contributed by atoms with Crippen LogP contribution in [0.25, 0.3) is 0 Å². The van der Waals surface area contributed by atoms with Gasteiger partial charge in [-0.2, -0.15) is 5.26 Å². The smallest absolute Gasteiger partial charge is 0.0895 e. The molecule has 0 heterocycles. The molecule has 3 heteroatoms. The lowest BCUT2D eigenvalue weighted by Gasteiger charge is -2.13. The highest BCUT2D eigenvalue weighted by Gasteiger charge is 2.19. The van der Waals surface area contributed by atoms with Gasteiger partial charge in [-0.1, -0.05) is 0 Å². The summed E-state index contributed by atoms with van der Waals surface area (Å²) < 4.78 is 0. The molecular formula is C8H12N2S. The standard InChI is InChI=1S/C8H12N2S/c1-7(10-4-5-11)8(2,3)6-9/h4-5,11H,1-3H3/b5-4-,10-7?. The monoisotopic (exact) mass is 168 g/mol. The predicted octanol–water partition coefficient (Wildman–Crippen LogP) is 2.40. The highest BCUT2D eigenvalue weighted by atomic mass is 32.1. The second-order valence-electron chi connectivity index (χ2n) is 2.75. The third-order valence-electron chi connectivity index (χ3n) is 1.52. The fourth-order valence-corrected chi connectivity index (χ4v) is 0.454. The minimum absolute atomic E-state index is 0.479. The third kappa shape index (κ3) is 3.24. The van der Waals surface area contributed by atoms with Gasteiger partial charge in [-0.3, -0.25) is 4.99 Å². The van der Waals surface area contributed by atoms with Gasteiger partial charge in [0.2, 0.25) is 0 Å². The summed E-state index contributed by atoms with van der Waals surface area (Å²) in [7, 11) is 0. The number of nitriles is 1. The summed E-state index contributed by atoms with van der Waals surface area (Å²) in [4.78, 5) is 4.02. The summed E-state index contributed by atoms with van der Waals surface area (Å²) in [6.45, 7) is 5.49. The molecule has 0 N–H and O–H groups in total. The van der Waals surface area contributed by atoms with Gasteiger partial charge in [0.1, 0.15) is 0 Å². The molecule has 0 spiro atoms. The molecule has 0 aromatic heterocycles. The van der Waals surface area contributed by atoms with Crippen LogP contribution in [-0.2, 0) is 0 Å². The van der Waals surface area contributed by atoms with E-state index in [1.807, 2.05) is 20.8 Å². The molecule has 0 aromatic rings. The average molecular weight is 168 g/mol. The molecule has 0 aliphatic rings. The molecule has 0 unspecified atom stereocenters. The first-order valence-corrected chi connectivity index (χ1v) is 3.81. The third-order valence-corrected chi connectivity index (χ3v) is 1.65. The molecule has 0 fully saturated rings. The van der Waals surface area contributed by atoms with E-state index in [1.165, 1.54) is 5.41 Å². The van der Waals surface area contributed by atoms with Gasteiger partial charge >= 0.3 is 0 Å². The Labute approximate surface area is 73.0 Å².